The Morgan fingerprint density at radius 3 is 2.45 bits per heavy atom. The first-order valence-corrected chi connectivity index (χ1v) is 10.7. The van der Waals surface area contributed by atoms with Gasteiger partial charge in [-0.15, -0.1) is 0 Å². The van der Waals surface area contributed by atoms with Crippen LogP contribution >= 0.6 is 0 Å². The number of aliphatic carboxylic acids is 1. The van der Waals surface area contributed by atoms with Crippen LogP contribution in [0.1, 0.15) is 67.6 Å². The fraction of sp³-hybridized carbons (Fsp3) is 0.682. The smallest absolute Gasteiger partial charge is 0.330 e. The molecule has 1 amide bonds. The normalized spacial score (nSPS) is 25.3. The Morgan fingerprint density at radius 1 is 1.28 bits per heavy atom. The van der Waals surface area contributed by atoms with E-state index in [1.807, 2.05) is 6.92 Å². The van der Waals surface area contributed by atoms with Crippen LogP contribution in [0.15, 0.2) is 10.9 Å². The minimum atomic E-state index is -1.22. The fourth-order valence-corrected chi connectivity index (χ4v) is 5.12. The SMILES string of the molecule is CCCc1c(CC)cc(C(=O)NC2(C(=O)O)C3CCCCC32)c(=O)n1CCOC. The van der Waals surface area contributed by atoms with E-state index in [2.05, 4.69) is 12.2 Å². The minimum Gasteiger partial charge on any atom is -0.479 e. The number of carbonyl (C=O) groups is 2. The van der Waals surface area contributed by atoms with Crippen molar-refractivity contribution in [1.29, 1.82) is 0 Å². The number of ether oxygens (including phenoxy) is 1. The van der Waals surface area contributed by atoms with Crippen LogP contribution in [-0.4, -0.2) is 40.8 Å². The van der Waals surface area contributed by atoms with Crippen LogP contribution in [0, 0.1) is 11.8 Å². The Labute approximate surface area is 171 Å². The Bertz CT molecular complexity index is 832. The number of methoxy groups -OCH3 is 1. The van der Waals surface area contributed by atoms with Crippen molar-refractivity contribution < 1.29 is 19.4 Å². The van der Waals surface area contributed by atoms with Crippen molar-refractivity contribution >= 4 is 11.9 Å². The molecule has 3 rings (SSSR count). The van der Waals surface area contributed by atoms with Gasteiger partial charge in [0.15, 0.2) is 0 Å². The zero-order valence-electron chi connectivity index (χ0n) is 17.6. The molecule has 2 aliphatic carbocycles. The van der Waals surface area contributed by atoms with E-state index < -0.39 is 17.4 Å². The van der Waals surface area contributed by atoms with Crippen LogP contribution in [0.3, 0.4) is 0 Å². The van der Waals surface area contributed by atoms with Crippen LogP contribution in [0.5, 0.6) is 0 Å². The molecule has 1 aromatic rings. The van der Waals surface area contributed by atoms with Gasteiger partial charge in [0.2, 0.25) is 0 Å². The summed E-state index contributed by atoms with van der Waals surface area (Å²) in [5.74, 6) is -1.62. The number of amides is 1. The van der Waals surface area contributed by atoms with Crippen molar-refractivity contribution in [3.63, 3.8) is 0 Å². The molecule has 2 N–H and O–H groups in total. The lowest BCUT2D eigenvalue weighted by atomic mass is 10.0. The van der Waals surface area contributed by atoms with E-state index in [-0.39, 0.29) is 23.0 Å². The van der Waals surface area contributed by atoms with Gasteiger partial charge in [-0.25, -0.2) is 4.79 Å². The summed E-state index contributed by atoms with van der Waals surface area (Å²) in [4.78, 5) is 38.3. The van der Waals surface area contributed by atoms with Gasteiger partial charge >= 0.3 is 5.97 Å². The Morgan fingerprint density at radius 2 is 1.93 bits per heavy atom. The van der Waals surface area contributed by atoms with Crippen molar-refractivity contribution in [2.24, 2.45) is 11.8 Å². The highest BCUT2D eigenvalue weighted by atomic mass is 16.5. The Hall–Kier alpha value is -2.15. The zero-order valence-corrected chi connectivity index (χ0v) is 17.6. The number of hydrogen-bond acceptors (Lipinski definition) is 4. The average Bonchev–Trinajstić information content (AvgIpc) is 3.36. The van der Waals surface area contributed by atoms with E-state index in [4.69, 9.17) is 4.74 Å². The number of aromatic nitrogens is 1. The van der Waals surface area contributed by atoms with Gasteiger partial charge in [-0.1, -0.05) is 33.1 Å². The predicted octanol–water partition coefficient (Wildman–Crippen LogP) is 2.38. The highest BCUT2D eigenvalue weighted by Gasteiger charge is 2.70. The third-order valence-electron chi connectivity index (χ3n) is 6.62. The molecule has 2 fully saturated rings. The van der Waals surface area contributed by atoms with Gasteiger partial charge < -0.3 is 19.7 Å². The van der Waals surface area contributed by atoms with Gasteiger partial charge in [-0.05, 0) is 49.1 Å². The maximum Gasteiger partial charge on any atom is 0.330 e. The van der Waals surface area contributed by atoms with Crippen LogP contribution < -0.4 is 10.9 Å². The van der Waals surface area contributed by atoms with E-state index in [1.165, 1.54) is 0 Å². The standard InChI is InChI=1S/C22H32N2O5/c1-4-8-18-14(5-2)13-15(20(26)24(18)11-12-29-3)19(25)23-22(21(27)28)16-9-6-7-10-17(16)22/h13,16-17H,4-12H2,1-3H3,(H,23,25)(H,27,28). The van der Waals surface area contributed by atoms with E-state index in [0.29, 0.717) is 19.6 Å². The summed E-state index contributed by atoms with van der Waals surface area (Å²) in [6.07, 6.45) is 5.92. The lowest BCUT2D eigenvalue weighted by Gasteiger charge is -2.20. The molecule has 2 aliphatic rings. The molecule has 0 aromatic carbocycles. The fourth-order valence-electron chi connectivity index (χ4n) is 5.12. The highest BCUT2D eigenvalue weighted by Crippen LogP contribution is 2.58. The van der Waals surface area contributed by atoms with Gasteiger partial charge in [-0.2, -0.15) is 0 Å². The summed E-state index contributed by atoms with van der Waals surface area (Å²) < 4.78 is 6.79. The molecule has 7 heteroatoms. The number of aryl methyl sites for hydroxylation is 1. The monoisotopic (exact) mass is 404 g/mol. The molecule has 2 saturated carbocycles. The number of fused-ring (bicyclic) bond motifs is 1. The Kier molecular flexibility index (Phi) is 6.46. The minimum absolute atomic E-state index is 0.0292. The van der Waals surface area contributed by atoms with Crippen molar-refractivity contribution in [3.05, 3.63) is 33.2 Å². The second kappa shape index (κ2) is 8.69. The molecule has 0 saturated heterocycles. The van der Waals surface area contributed by atoms with Gasteiger partial charge in [0.25, 0.3) is 11.5 Å². The lowest BCUT2D eigenvalue weighted by Crippen LogP contribution is -2.48. The molecule has 0 aliphatic heterocycles. The van der Waals surface area contributed by atoms with E-state index in [1.54, 1.807) is 17.7 Å². The quantitative estimate of drug-likeness (QED) is 0.659. The predicted molar refractivity (Wildman–Crippen MR) is 109 cm³/mol. The third kappa shape index (κ3) is 3.72. The second-order valence-electron chi connectivity index (χ2n) is 8.21. The largest absolute Gasteiger partial charge is 0.479 e. The van der Waals surface area contributed by atoms with E-state index in [9.17, 15) is 19.5 Å². The molecule has 1 aromatic heterocycles. The summed E-state index contributed by atoms with van der Waals surface area (Å²) in [6.45, 7) is 4.79. The summed E-state index contributed by atoms with van der Waals surface area (Å²) >= 11 is 0. The summed E-state index contributed by atoms with van der Waals surface area (Å²) in [6, 6.07) is 1.66. The molecule has 1 heterocycles. The maximum absolute atomic E-state index is 13.2. The number of pyridine rings is 1. The van der Waals surface area contributed by atoms with E-state index >= 15 is 0 Å². The number of carboxylic acid groups (broad SMARTS) is 1. The van der Waals surface area contributed by atoms with Crippen LogP contribution in [-0.2, 0) is 28.9 Å². The van der Waals surface area contributed by atoms with Gasteiger partial charge in [0.05, 0.1) is 6.61 Å². The molecular formula is C22H32N2O5. The Balaban J connectivity index is 1.98. The molecule has 2 atom stereocenters. The molecule has 0 radical (unpaired) electrons. The maximum atomic E-state index is 13.2. The van der Waals surface area contributed by atoms with Gasteiger partial charge in [-0.3, -0.25) is 9.59 Å². The third-order valence-corrected chi connectivity index (χ3v) is 6.62. The highest BCUT2D eigenvalue weighted by molar-refractivity contribution is 5.99. The first-order valence-electron chi connectivity index (χ1n) is 10.7. The second-order valence-corrected chi connectivity index (χ2v) is 8.21. The number of hydrogen-bond donors (Lipinski definition) is 2. The molecule has 0 spiro atoms. The molecule has 0 bridgehead atoms. The van der Waals surface area contributed by atoms with Crippen LogP contribution in [0.2, 0.25) is 0 Å². The van der Waals surface area contributed by atoms with Crippen LogP contribution in [0.25, 0.3) is 0 Å². The lowest BCUT2D eigenvalue weighted by molar-refractivity contribution is -0.141. The van der Waals surface area contributed by atoms with Crippen molar-refractivity contribution in [3.8, 4) is 0 Å². The molecule has 7 nitrogen and oxygen atoms in total. The average molecular weight is 405 g/mol. The van der Waals surface area contributed by atoms with Crippen LogP contribution in [0.4, 0.5) is 0 Å². The summed E-state index contributed by atoms with van der Waals surface area (Å²) in [5, 5.41) is 12.6. The number of carbonyl (C=O) groups excluding carboxylic acids is 1. The zero-order chi connectivity index (χ0) is 21.2. The summed E-state index contributed by atoms with van der Waals surface area (Å²) in [7, 11) is 1.58. The van der Waals surface area contributed by atoms with Crippen molar-refractivity contribution in [2.45, 2.75) is 70.9 Å². The topological polar surface area (TPSA) is 97.6 Å². The number of nitrogens with one attached hydrogen (secondary N) is 1. The first kappa shape index (κ1) is 21.6. The molecule has 160 valence electrons. The number of carboxylic acids is 1. The first-order chi connectivity index (χ1) is 13.9. The number of nitrogens with zero attached hydrogens (tertiary/aromatic N) is 1. The van der Waals surface area contributed by atoms with Gasteiger partial charge in [0, 0.05) is 19.3 Å². The summed E-state index contributed by atoms with van der Waals surface area (Å²) in [5.41, 5.74) is 0.324. The molecular weight excluding hydrogens is 372 g/mol. The van der Waals surface area contributed by atoms with E-state index in [0.717, 1.165) is 49.8 Å². The molecule has 29 heavy (non-hydrogen) atoms. The molecule has 2 unspecified atom stereocenters. The van der Waals surface area contributed by atoms with Gasteiger partial charge in [0.1, 0.15) is 11.1 Å². The van der Waals surface area contributed by atoms with Crippen molar-refractivity contribution in [1.82, 2.24) is 9.88 Å². The number of rotatable bonds is 9. The van der Waals surface area contributed by atoms with Crippen molar-refractivity contribution in [2.75, 3.05) is 13.7 Å².